The van der Waals surface area contributed by atoms with Crippen molar-refractivity contribution in [3.63, 3.8) is 0 Å². The van der Waals surface area contributed by atoms with Crippen molar-refractivity contribution < 1.29 is 0 Å². The molecule has 4 heterocycles. The standard InChI is InChI=1S/C55H35N5S/c1-3-15-34(16-4-1)53-56-54(37-27-28-48-42(30-37)39-21-9-12-24-46(39)59(48)38-19-5-2-6-20-38)58-55(57-53)45-32-44-41-23-11-14-26-51(41)61-52(44)33-50(45)60-47-25-13-10-22-40(47)43-29-35-17-7-8-18-36(35)31-49(43)60/h1-10,12-22,24-33H,11,23H2. The molecule has 0 N–H and O–H groups in total. The van der Waals surface area contributed by atoms with E-state index < -0.39 is 0 Å². The zero-order valence-corrected chi connectivity index (χ0v) is 33.8. The summed E-state index contributed by atoms with van der Waals surface area (Å²) < 4.78 is 6.05. The number of allylic oxidation sites excluding steroid dienone is 1. The van der Waals surface area contributed by atoms with E-state index >= 15 is 0 Å². The van der Waals surface area contributed by atoms with Gasteiger partial charge >= 0.3 is 0 Å². The van der Waals surface area contributed by atoms with Crippen LogP contribution in [0.15, 0.2) is 182 Å². The number of para-hydroxylation sites is 3. The van der Waals surface area contributed by atoms with E-state index in [0.29, 0.717) is 17.5 Å². The molecule has 13 rings (SSSR count). The van der Waals surface area contributed by atoms with Crippen molar-refractivity contribution in [2.75, 3.05) is 0 Å². The molecule has 8 aromatic carbocycles. The number of benzene rings is 8. The normalized spacial score (nSPS) is 12.7. The molecule has 0 unspecified atom stereocenters. The van der Waals surface area contributed by atoms with E-state index in [0.717, 1.165) is 68.4 Å². The average Bonchev–Trinajstić information content (AvgIpc) is 3.97. The third-order valence-corrected chi connectivity index (χ3v) is 13.6. The minimum Gasteiger partial charge on any atom is -0.309 e. The summed E-state index contributed by atoms with van der Waals surface area (Å²) in [6.45, 7) is 0. The lowest BCUT2D eigenvalue weighted by molar-refractivity contribution is 1.01. The molecule has 4 aromatic heterocycles. The molecule has 0 aliphatic heterocycles. The Labute approximate surface area is 355 Å². The lowest BCUT2D eigenvalue weighted by atomic mass is 9.99. The van der Waals surface area contributed by atoms with E-state index in [4.69, 9.17) is 15.0 Å². The number of hydrogen-bond acceptors (Lipinski definition) is 4. The first kappa shape index (κ1) is 34.2. The van der Waals surface area contributed by atoms with E-state index in [9.17, 15) is 0 Å². The van der Waals surface area contributed by atoms with Crippen LogP contribution >= 0.6 is 11.3 Å². The molecule has 0 bridgehead atoms. The molecular formula is C55H35N5S. The van der Waals surface area contributed by atoms with Crippen LogP contribution in [0.4, 0.5) is 0 Å². The second-order valence-electron chi connectivity index (χ2n) is 15.9. The van der Waals surface area contributed by atoms with E-state index in [1.165, 1.54) is 47.5 Å². The quantitative estimate of drug-likeness (QED) is 0.174. The van der Waals surface area contributed by atoms with Gasteiger partial charge in [-0.05, 0) is 107 Å². The van der Waals surface area contributed by atoms with Crippen LogP contribution in [-0.2, 0) is 6.42 Å². The van der Waals surface area contributed by atoms with Gasteiger partial charge in [0.05, 0.1) is 27.8 Å². The molecule has 6 heteroatoms. The third-order valence-electron chi connectivity index (χ3n) is 12.4. The van der Waals surface area contributed by atoms with Crippen molar-refractivity contribution in [2.24, 2.45) is 0 Å². The predicted molar refractivity (Wildman–Crippen MR) is 255 cm³/mol. The van der Waals surface area contributed by atoms with Gasteiger partial charge in [-0.1, -0.05) is 115 Å². The molecular weight excluding hydrogens is 763 g/mol. The highest BCUT2D eigenvalue weighted by Crippen LogP contribution is 2.44. The Bertz CT molecular complexity index is 3760. The molecule has 12 aromatic rings. The number of aromatic nitrogens is 5. The Morgan fingerprint density at radius 3 is 1.85 bits per heavy atom. The van der Waals surface area contributed by atoms with E-state index in [1.54, 1.807) is 0 Å². The van der Waals surface area contributed by atoms with Gasteiger partial charge in [0.25, 0.3) is 0 Å². The summed E-state index contributed by atoms with van der Waals surface area (Å²) in [4.78, 5) is 17.5. The van der Waals surface area contributed by atoms with Crippen LogP contribution in [0, 0.1) is 0 Å². The highest BCUT2D eigenvalue weighted by Gasteiger charge is 2.24. The van der Waals surface area contributed by atoms with Crippen LogP contribution in [0.3, 0.4) is 0 Å². The van der Waals surface area contributed by atoms with E-state index in [2.05, 4.69) is 179 Å². The molecule has 5 nitrogen and oxygen atoms in total. The van der Waals surface area contributed by atoms with Crippen molar-refractivity contribution in [1.82, 2.24) is 24.1 Å². The lowest BCUT2D eigenvalue weighted by Gasteiger charge is -2.16. The van der Waals surface area contributed by atoms with Crippen LogP contribution in [0.5, 0.6) is 0 Å². The maximum atomic E-state index is 5.48. The van der Waals surface area contributed by atoms with E-state index in [-0.39, 0.29) is 0 Å². The van der Waals surface area contributed by atoms with Gasteiger partial charge in [0.2, 0.25) is 0 Å². The van der Waals surface area contributed by atoms with Gasteiger partial charge < -0.3 is 9.13 Å². The Balaban J connectivity index is 1.11. The molecule has 0 radical (unpaired) electrons. The number of aryl methyl sites for hydroxylation is 1. The van der Waals surface area contributed by atoms with Gasteiger partial charge in [-0.3, -0.25) is 0 Å². The van der Waals surface area contributed by atoms with Crippen molar-refractivity contribution in [3.05, 3.63) is 192 Å². The van der Waals surface area contributed by atoms with Gasteiger partial charge in [-0.25, -0.2) is 15.0 Å². The monoisotopic (exact) mass is 797 g/mol. The van der Waals surface area contributed by atoms with Crippen LogP contribution in [0.1, 0.15) is 16.9 Å². The summed E-state index contributed by atoms with van der Waals surface area (Å²) >= 11 is 1.88. The number of rotatable bonds is 5. The number of fused-ring (bicyclic) bond motifs is 10. The SMILES string of the molecule is C1=Cc2sc3cc(-n4c5ccccc5c5cc6ccccc6cc54)c(-c4nc(-c5ccccc5)nc(-c5ccc6c(c5)c5ccccc5n6-c5ccccc5)n4)cc3c2CC1. The Hall–Kier alpha value is -7.67. The molecule has 1 aliphatic carbocycles. The average molecular weight is 798 g/mol. The van der Waals surface area contributed by atoms with Crippen LogP contribution in [-0.4, -0.2) is 24.1 Å². The largest absolute Gasteiger partial charge is 0.309 e. The molecule has 286 valence electrons. The maximum Gasteiger partial charge on any atom is 0.166 e. The number of thiophene rings is 1. The molecule has 0 amide bonds. The molecule has 61 heavy (non-hydrogen) atoms. The third kappa shape index (κ3) is 5.36. The number of nitrogens with zero attached hydrogens (tertiary/aromatic N) is 5. The van der Waals surface area contributed by atoms with Crippen molar-refractivity contribution in [1.29, 1.82) is 0 Å². The van der Waals surface area contributed by atoms with Crippen molar-refractivity contribution in [3.8, 4) is 45.5 Å². The minimum absolute atomic E-state index is 0.636. The van der Waals surface area contributed by atoms with Crippen LogP contribution in [0.25, 0.3) is 116 Å². The summed E-state index contributed by atoms with van der Waals surface area (Å²) in [5.74, 6) is 1.92. The fourth-order valence-corrected chi connectivity index (χ4v) is 10.8. The zero-order chi connectivity index (χ0) is 40.0. The highest BCUT2D eigenvalue weighted by molar-refractivity contribution is 7.20. The minimum atomic E-state index is 0.636. The molecule has 1 aliphatic rings. The van der Waals surface area contributed by atoms with Crippen LogP contribution < -0.4 is 0 Å². The smallest absolute Gasteiger partial charge is 0.166 e. The second-order valence-corrected chi connectivity index (χ2v) is 17.0. The molecule has 0 fully saturated rings. The first-order chi connectivity index (χ1) is 30.2. The second kappa shape index (κ2) is 13.4. The predicted octanol–water partition coefficient (Wildman–Crippen LogP) is 14.4. The maximum absolute atomic E-state index is 5.48. The van der Waals surface area contributed by atoms with Crippen LogP contribution in [0.2, 0.25) is 0 Å². The summed E-state index contributed by atoms with van der Waals surface area (Å²) in [6.07, 6.45) is 6.65. The first-order valence-corrected chi connectivity index (χ1v) is 21.6. The molecule has 0 atom stereocenters. The summed E-state index contributed by atoms with van der Waals surface area (Å²) in [5.41, 5.74) is 11.0. The number of hydrogen-bond donors (Lipinski definition) is 0. The summed E-state index contributed by atoms with van der Waals surface area (Å²) in [7, 11) is 0. The fraction of sp³-hybridized carbons (Fsp3) is 0.0364. The topological polar surface area (TPSA) is 48.5 Å². The van der Waals surface area contributed by atoms with Crippen molar-refractivity contribution >= 4 is 81.9 Å². The summed E-state index contributed by atoms with van der Waals surface area (Å²) in [6, 6.07) is 63.0. The van der Waals surface area contributed by atoms with E-state index in [1.807, 2.05) is 29.5 Å². The molecule has 0 saturated heterocycles. The van der Waals surface area contributed by atoms with Crippen molar-refractivity contribution in [2.45, 2.75) is 12.8 Å². The Morgan fingerprint density at radius 1 is 0.443 bits per heavy atom. The lowest BCUT2D eigenvalue weighted by Crippen LogP contribution is -2.04. The summed E-state index contributed by atoms with van der Waals surface area (Å²) in [5, 5.41) is 8.47. The zero-order valence-electron chi connectivity index (χ0n) is 33.0. The van der Waals surface area contributed by atoms with Gasteiger partial charge in [0, 0.05) is 53.5 Å². The van der Waals surface area contributed by atoms with Gasteiger partial charge in [0.15, 0.2) is 17.5 Å². The first-order valence-electron chi connectivity index (χ1n) is 20.8. The fourth-order valence-electron chi connectivity index (χ4n) is 9.60. The molecule has 0 spiro atoms. The van der Waals surface area contributed by atoms with Gasteiger partial charge in [0.1, 0.15) is 0 Å². The highest BCUT2D eigenvalue weighted by atomic mass is 32.1. The van der Waals surface area contributed by atoms with Gasteiger partial charge in [-0.2, -0.15) is 0 Å². The van der Waals surface area contributed by atoms with Gasteiger partial charge in [-0.15, -0.1) is 11.3 Å². The Kier molecular flexibility index (Phi) is 7.53. The molecule has 0 saturated carbocycles. The Morgan fingerprint density at radius 2 is 1.07 bits per heavy atom.